The Kier molecular flexibility index (Phi) is 6.22. The maximum Gasteiger partial charge on any atom is 0.225 e. The lowest BCUT2D eigenvalue weighted by Gasteiger charge is -2.41. The zero-order valence-electron chi connectivity index (χ0n) is 16.1. The largest absolute Gasteiger partial charge is 0.396 e. The molecule has 1 aliphatic rings. The van der Waals surface area contributed by atoms with E-state index in [9.17, 15) is 5.11 Å². The van der Waals surface area contributed by atoms with Crippen molar-refractivity contribution in [2.75, 3.05) is 31.1 Å². The van der Waals surface area contributed by atoms with Crippen LogP contribution < -0.4 is 4.90 Å². The van der Waals surface area contributed by atoms with Gasteiger partial charge >= 0.3 is 0 Å². The molecule has 1 aliphatic heterocycles. The van der Waals surface area contributed by atoms with Crippen molar-refractivity contribution in [1.82, 2.24) is 14.9 Å². The average Bonchev–Trinajstić information content (AvgIpc) is 2.65. The van der Waals surface area contributed by atoms with E-state index in [1.54, 1.807) is 0 Å². The van der Waals surface area contributed by atoms with Crippen LogP contribution in [0, 0.1) is 13.8 Å². The number of benzene rings is 1. The highest BCUT2D eigenvalue weighted by atomic mass is 16.3. The number of rotatable bonds is 6. The van der Waals surface area contributed by atoms with E-state index in [1.807, 2.05) is 6.20 Å². The molecule has 0 amide bonds. The van der Waals surface area contributed by atoms with Crippen molar-refractivity contribution >= 4 is 5.95 Å². The quantitative estimate of drug-likeness (QED) is 0.864. The molecule has 0 aliphatic carbocycles. The first-order valence-electron chi connectivity index (χ1n) is 9.58. The molecule has 0 saturated carbocycles. The Bertz CT molecular complexity index is 716. The van der Waals surface area contributed by atoms with E-state index in [2.05, 4.69) is 59.8 Å². The standard InChI is InChI=1S/C21H30N4O/c1-4-20-17(3)13-22-21(23-20)25-11-10-24(19(15-25)9-12-26)14-18-7-5-16(2)6-8-18/h5-8,13,19,26H,4,9-12,14-15H2,1-3H3/t19-/m0/s1. The van der Waals surface area contributed by atoms with Gasteiger partial charge in [-0.25, -0.2) is 9.97 Å². The molecule has 0 radical (unpaired) electrons. The average molecular weight is 354 g/mol. The van der Waals surface area contributed by atoms with Crippen LogP contribution in [0.3, 0.4) is 0 Å². The number of piperazine rings is 1. The van der Waals surface area contributed by atoms with E-state index >= 15 is 0 Å². The van der Waals surface area contributed by atoms with Crippen LogP contribution >= 0.6 is 0 Å². The Morgan fingerprint density at radius 3 is 2.62 bits per heavy atom. The maximum absolute atomic E-state index is 9.54. The number of aliphatic hydroxyl groups is 1. The van der Waals surface area contributed by atoms with Crippen molar-refractivity contribution in [3.05, 3.63) is 52.8 Å². The molecular formula is C21H30N4O. The van der Waals surface area contributed by atoms with Gasteiger partial charge in [-0.15, -0.1) is 0 Å². The van der Waals surface area contributed by atoms with Crippen molar-refractivity contribution in [2.24, 2.45) is 0 Å². The summed E-state index contributed by atoms with van der Waals surface area (Å²) in [6.07, 6.45) is 3.63. The Labute approximate surface area is 156 Å². The molecule has 26 heavy (non-hydrogen) atoms. The van der Waals surface area contributed by atoms with Crippen LogP contribution in [0.1, 0.15) is 35.7 Å². The molecule has 5 nitrogen and oxygen atoms in total. The molecular weight excluding hydrogens is 324 g/mol. The Morgan fingerprint density at radius 2 is 1.92 bits per heavy atom. The first-order valence-corrected chi connectivity index (χ1v) is 9.58. The van der Waals surface area contributed by atoms with Crippen molar-refractivity contribution in [3.8, 4) is 0 Å². The van der Waals surface area contributed by atoms with E-state index in [-0.39, 0.29) is 6.61 Å². The zero-order valence-corrected chi connectivity index (χ0v) is 16.1. The fraction of sp³-hybridized carbons (Fsp3) is 0.524. The highest BCUT2D eigenvalue weighted by Crippen LogP contribution is 2.21. The summed E-state index contributed by atoms with van der Waals surface area (Å²) in [6, 6.07) is 9.05. The first-order chi connectivity index (χ1) is 12.6. The summed E-state index contributed by atoms with van der Waals surface area (Å²) in [5.41, 5.74) is 4.89. The van der Waals surface area contributed by atoms with Gasteiger partial charge < -0.3 is 10.0 Å². The minimum atomic E-state index is 0.206. The van der Waals surface area contributed by atoms with Crippen molar-refractivity contribution in [3.63, 3.8) is 0 Å². The number of nitrogens with zero attached hydrogens (tertiary/aromatic N) is 4. The van der Waals surface area contributed by atoms with Crippen LogP contribution in [0.5, 0.6) is 0 Å². The van der Waals surface area contributed by atoms with Gasteiger partial charge in [-0.05, 0) is 37.8 Å². The van der Waals surface area contributed by atoms with Gasteiger partial charge in [0.05, 0.1) is 0 Å². The number of aryl methyl sites for hydroxylation is 3. The van der Waals surface area contributed by atoms with Gasteiger partial charge in [-0.1, -0.05) is 36.8 Å². The molecule has 3 rings (SSSR count). The third-order valence-electron chi connectivity index (χ3n) is 5.25. The SMILES string of the molecule is CCc1nc(N2CCN(Cc3ccc(C)cc3)[C@@H](CCO)C2)ncc1C. The predicted molar refractivity (Wildman–Crippen MR) is 105 cm³/mol. The highest BCUT2D eigenvalue weighted by Gasteiger charge is 2.28. The van der Waals surface area contributed by atoms with Gasteiger partial charge in [0.15, 0.2) is 0 Å². The van der Waals surface area contributed by atoms with Gasteiger partial charge in [0, 0.05) is 50.7 Å². The van der Waals surface area contributed by atoms with Gasteiger partial charge in [0.2, 0.25) is 5.95 Å². The van der Waals surface area contributed by atoms with Crippen LogP contribution in [0.15, 0.2) is 30.5 Å². The normalized spacial score (nSPS) is 18.3. The first kappa shape index (κ1) is 18.8. The molecule has 2 aromatic rings. The topological polar surface area (TPSA) is 52.5 Å². The smallest absolute Gasteiger partial charge is 0.225 e. The lowest BCUT2D eigenvalue weighted by atomic mass is 10.1. The van der Waals surface area contributed by atoms with Crippen LogP contribution in [-0.2, 0) is 13.0 Å². The molecule has 2 heterocycles. The summed E-state index contributed by atoms with van der Waals surface area (Å²) in [7, 11) is 0. The van der Waals surface area contributed by atoms with Gasteiger partial charge in [-0.3, -0.25) is 4.90 Å². The monoisotopic (exact) mass is 354 g/mol. The van der Waals surface area contributed by atoms with Crippen LogP contribution in [-0.4, -0.2) is 52.3 Å². The van der Waals surface area contributed by atoms with E-state index in [0.29, 0.717) is 6.04 Å². The third-order valence-corrected chi connectivity index (χ3v) is 5.25. The van der Waals surface area contributed by atoms with Crippen LogP contribution in [0.2, 0.25) is 0 Å². The van der Waals surface area contributed by atoms with E-state index in [1.165, 1.54) is 11.1 Å². The van der Waals surface area contributed by atoms with E-state index < -0.39 is 0 Å². The zero-order chi connectivity index (χ0) is 18.5. The molecule has 5 heteroatoms. The van der Waals surface area contributed by atoms with Gasteiger partial charge in [0.25, 0.3) is 0 Å². The lowest BCUT2D eigenvalue weighted by molar-refractivity contribution is 0.135. The van der Waals surface area contributed by atoms with Crippen molar-refractivity contribution in [1.29, 1.82) is 0 Å². The fourth-order valence-electron chi connectivity index (χ4n) is 3.61. The summed E-state index contributed by atoms with van der Waals surface area (Å²) in [4.78, 5) is 14.1. The molecule has 1 atom stereocenters. The molecule has 1 aromatic carbocycles. The summed E-state index contributed by atoms with van der Waals surface area (Å²) >= 11 is 0. The molecule has 0 bridgehead atoms. The number of hydrogen-bond donors (Lipinski definition) is 1. The van der Waals surface area contributed by atoms with E-state index in [4.69, 9.17) is 4.98 Å². The minimum Gasteiger partial charge on any atom is -0.396 e. The number of hydrogen-bond acceptors (Lipinski definition) is 5. The van der Waals surface area contributed by atoms with Gasteiger partial charge in [0.1, 0.15) is 0 Å². The predicted octanol–water partition coefficient (Wildman–Crippen LogP) is 2.73. The summed E-state index contributed by atoms with van der Waals surface area (Å²) in [5.74, 6) is 0.824. The molecule has 1 fully saturated rings. The van der Waals surface area contributed by atoms with Crippen molar-refractivity contribution in [2.45, 2.75) is 46.2 Å². The number of aliphatic hydroxyl groups excluding tert-OH is 1. The summed E-state index contributed by atoms with van der Waals surface area (Å²) < 4.78 is 0. The number of aromatic nitrogens is 2. The fourth-order valence-corrected chi connectivity index (χ4v) is 3.61. The van der Waals surface area contributed by atoms with E-state index in [0.717, 1.165) is 56.2 Å². The summed E-state index contributed by atoms with van der Waals surface area (Å²) in [6.45, 7) is 10.2. The molecule has 1 aromatic heterocycles. The lowest BCUT2D eigenvalue weighted by Crippen LogP contribution is -2.53. The Hall–Kier alpha value is -1.98. The second kappa shape index (κ2) is 8.60. The van der Waals surface area contributed by atoms with Crippen molar-refractivity contribution < 1.29 is 5.11 Å². The summed E-state index contributed by atoms with van der Waals surface area (Å²) in [5, 5.41) is 9.54. The highest BCUT2D eigenvalue weighted by molar-refractivity contribution is 5.34. The Balaban J connectivity index is 1.72. The molecule has 0 unspecified atom stereocenters. The van der Waals surface area contributed by atoms with Crippen LogP contribution in [0.4, 0.5) is 5.95 Å². The Morgan fingerprint density at radius 1 is 1.15 bits per heavy atom. The second-order valence-corrected chi connectivity index (χ2v) is 7.22. The molecule has 0 spiro atoms. The molecule has 1 N–H and O–H groups in total. The second-order valence-electron chi connectivity index (χ2n) is 7.22. The minimum absolute atomic E-state index is 0.206. The number of anilines is 1. The third kappa shape index (κ3) is 4.40. The van der Waals surface area contributed by atoms with Crippen LogP contribution in [0.25, 0.3) is 0 Å². The van der Waals surface area contributed by atoms with Gasteiger partial charge in [-0.2, -0.15) is 0 Å². The molecule has 1 saturated heterocycles. The molecule has 140 valence electrons. The maximum atomic E-state index is 9.54.